The standard InChI is InChI=1S/C23H27BrFN3O2/c1-15-10-16(2)13-28(12-15)22(29)19-11-18(24)8-9-21(19)26-23(30)27(3)14-17-6-4-5-7-20(17)25/h4-9,11,15-16H,10,12-14H2,1-3H3,(H,26,30)/t15-,16+. The number of nitrogens with one attached hydrogen (secondary N) is 1. The van der Waals surface area contributed by atoms with E-state index in [0.717, 1.165) is 10.9 Å². The fourth-order valence-electron chi connectivity index (χ4n) is 3.97. The molecule has 0 radical (unpaired) electrons. The second kappa shape index (κ2) is 9.60. The van der Waals surface area contributed by atoms with Crippen LogP contribution >= 0.6 is 15.9 Å². The SMILES string of the molecule is C[C@@H]1C[C@H](C)CN(C(=O)c2cc(Br)ccc2NC(=O)N(C)Cc2ccccc2F)C1. The summed E-state index contributed by atoms with van der Waals surface area (Å²) in [6.45, 7) is 5.83. The van der Waals surface area contributed by atoms with Gasteiger partial charge in [0, 0.05) is 36.7 Å². The lowest BCUT2D eigenvalue weighted by Crippen LogP contribution is -2.43. The zero-order valence-corrected chi connectivity index (χ0v) is 19.1. The molecule has 160 valence electrons. The maximum absolute atomic E-state index is 13.9. The summed E-state index contributed by atoms with van der Waals surface area (Å²) in [5.74, 6) is 0.427. The first-order valence-corrected chi connectivity index (χ1v) is 10.9. The maximum atomic E-state index is 13.9. The predicted octanol–water partition coefficient (Wildman–Crippen LogP) is 5.37. The smallest absolute Gasteiger partial charge is 0.321 e. The molecule has 7 heteroatoms. The van der Waals surface area contributed by atoms with Crippen LogP contribution in [-0.2, 0) is 6.54 Å². The topological polar surface area (TPSA) is 52.7 Å². The van der Waals surface area contributed by atoms with Crippen LogP contribution in [0.4, 0.5) is 14.9 Å². The monoisotopic (exact) mass is 475 g/mol. The molecule has 0 aliphatic carbocycles. The fraction of sp³-hybridized carbons (Fsp3) is 0.391. The van der Waals surface area contributed by atoms with Crippen LogP contribution in [0.1, 0.15) is 36.2 Å². The van der Waals surface area contributed by atoms with Gasteiger partial charge in [-0.1, -0.05) is 48.0 Å². The second-order valence-electron chi connectivity index (χ2n) is 8.22. The van der Waals surface area contributed by atoms with E-state index in [1.807, 2.05) is 4.90 Å². The van der Waals surface area contributed by atoms with E-state index in [-0.39, 0.29) is 18.3 Å². The first-order valence-electron chi connectivity index (χ1n) is 10.1. The van der Waals surface area contributed by atoms with Crippen molar-refractivity contribution in [1.29, 1.82) is 0 Å². The first-order chi connectivity index (χ1) is 14.2. The van der Waals surface area contributed by atoms with Crippen molar-refractivity contribution in [3.63, 3.8) is 0 Å². The van der Waals surface area contributed by atoms with E-state index in [1.54, 1.807) is 43.4 Å². The van der Waals surface area contributed by atoms with Crippen molar-refractivity contribution < 1.29 is 14.0 Å². The van der Waals surface area contributed by atoms with Gasteiger partial charge >= 0.3 is 6.03 Å². The number of anilines is 1. The molecule has 1 fully saturated rings. The van der Waals surface area contributed by atoms with Gasteiger partial charge < -0.3 is 15.1 Å². The van der Waals surface area contributed by atoms with E-state index in [0.29, 0.717) is 41.7 Å². The highest BCUT2D eigenvalue weighted by Gasteiger charge is 2.28. The van der Waals surface area contributed by atoms with Crippen LogP contribution in [-0.4, -0.2) is 41.9 Å². The molecule has 30 heavy (non-hydrogen) atoms. The van der Waals surface area contributed by atoms with Crippen molar-refractivity contribution in [3.05, 3.63) is 63.9 Å². The minimum absolute atomic E-state index is 0.0956. The van der Waals surface area contributed by atoms with Crippen LogP contribution in [0.2, 0.25) is 0 Å². The molecule has 3 rings (SSSR count). The lowest BCUT2D eigenvalue weighted by atomic mass is 9.91. The molecule has 2 aromatic rings. The third-order valence-electron chi connectivity index (χ3n) is 5.32. The molecule has 1 aliphatic heterocycles. The number of halogens is 2. The highest BCUT2D eigenvalue weighted by Crippen LogP contribution is 2.27. The van der Waals surface area contributed by atoms with Gasteiger partial charge in [-0.05, 0) is 42.5 Å². The van der Waals surface area contributed by atoms with Crippen LogP contribution in [0.15, 0.2) is 46.9 Å². The highest BCUT2D eigenvalue weighted by molar-refractivity contribution is 9.10. The molecule has 5 nitrogen and oxygen atoms in total. The number of rotatable bonds is 4. The third kappa shape index (κ3) is 5.39. The number of benzene rings is 2. The van der Waals surface area contributed by atoms with Crippen molar-refractivity contribution in [2.75, 3.05) is 25.5 Å². The summed E-state index contributed by atoms with van der Waals surface area (Å²) in [6, 6.07) is 11.2. The average Bonchev–Trinajstić information content (AvgIpc) is 2.69. The van der Waals surface area contributed by atoms with Crippen molar-refractivity contribution in [1.82, 2.24) is 9.80 Å². The van der Waals surface area contributed by atoms with Gasteiger partial charge in [0.1, 0.15) is 5.82 Å². The molecule has 1 N–H and O–H groups in total. The van der Waals surface area contributed by atoms with Gasteiger partial charge in [-0.25, -0.2) is 9.18 Å². The average molecular weight is 476 g/mol. The minimum atomic E-state index is -0.407. The molecule has 1 heterocycles. The number of hydrogen-bond donors (Lipinski definition) is 1. The number of hydrogen-bond acceptors (Lipinski definition) is 2. The predicted molar refractivity (Wildman–Crippen MR) is 120 cm³/mol. The lowest BCUT2D eigenvalue weighted by Gasteiger charge is -2.35. The number of carbonyl (C=O) groups excluding carboxylic acids is 2. The van der Waals surface area contributed by atoms with Crippen LogP contribution in [0.3, 0.4) is 0 Å². The van der Waals surface area contributed by atoms with Crippen LogP contribution in [0.5, 0.6) is 0 Å². The van der Waals surface area contributed by atoms with E-state index in [1.165, 1.54) is 11.0 Å². The van der Waals surface area contributed by atoms with Gasteiger partial charge in [-0.2, -0.15) is 0 Å². The number of nitrogens with zero attached hydrogens (tertiary/aromatic N) is 2. The zero-order valence-electron chi connectivity index (χ0n) is 17.5. The molecule has 2 aromatic carbocycles. The fourth-order valence-corrected chi connectivity index (χ4v) is 4.33. The summed E-state index contributed by atoms with van der Waals surface area (Å²) in [7, 11) is 1.59. The second-order valence-corrected chi connectivity index (χ2v) is 9.14. The Kier molecular flexibility index (Phi) is 7.13. The van der Waals surface area contributed by atoms with E-state index < -0.39 is 6.03 Å². The Morgan fingerprint density at radius 1 is 1.17 bits per heavy atom. The van der Waals surface area contributed by atoms with Gasteiger partial charge in [0.15, 0.2) is 0 Å². The zero-order chi connectivity index (χ0) is 21.8. The number of likely N-dealkylation sites (tertiary alicyclic amines) is 1. The lowest BCUT2D eigenvalue weighted by molar-refractivity contribution is 0.0624. The third-order valence-corrected chi connectivity index (χ3v) is 5.81. The van der Waals surface area contributed by atoms with Gasteiger partial charge in [-0.3, -0.25) is 4.79 Å². The largest absolute Gasteiger partial charge is 0.338 e. The summed E-state index contributed by atoms with van der Waals surface area (Å²) in [5.41, 5.74) is 1.32. The molecule has 0 saturated carbocycles. The van der Waals surface area contributed by atoms with E-state index in [2.05, 4.69) is 35.1 Å². The normalized spacial score (nSPS) is 18.8. The van der Waals surface area contributed by atoms with Gasteiger partial charge in [-0.15, -0.1) is 0 Å². The van der Waals surface area contributed by atoms with Crippen LogP contribution < -0.4 is 5.32 Å². The molecule has 0 unspecified atom stereocenters. The molecule has 0 aromatic heterocycles. The Labute approximate surface area is 185 Å². The molecule has 2 atom stereocenters. The van der Waals surface area contributed by atoms with Gasteiger partial charge in [0.05, 0.1) is 11.3 Å². The molecule has 1 saturated heterocycles. The van der Waals surface area contributed by atoms with E-state index in [4.69, 9.17) is 0 Å². The van der Waals surface area contributed by atoms with Crippen molar-refractivity contribution in [2.45, 2.75) is 26.8 Å². The number of urea groups is 1. The summed E-state index contributed by atoms with van der Waals surface area (Å²) in [5, 5.41) is 2.82. The maximum Gasteiger partial charge on any atom is 0.321 e. The Bertz CT molecular complexity index is 926. The Morgan fingerprint density at radius 3 is 2.50 bits per heavy atom. The number of piperidine rings is 1. The van der Waals surface area contributed by atoms with Gasteiger partial charge in [0.2, 0.25) is 0 Å². The Hall–Kier alpha value is -2.41. The first kappa shape index (κ1) is 22.3. The van der Waals surface area contributed by atoms with E-state index >= 15 is 0 Å². The summed E-state index contributed by atoms with van der Waals surface area (Å²) in [4.78, 5) is 29.2. The quantitative estimate of drug-likeness (QED) is 0.645. The molecule has 1 aliphatic rings. The van der Waals surface area contributed by atoms with Crippen molar-refractivity contribution >= 4 is 33.6 Å². The van der Waals surface area contributed by atoms with Crippen molar-refractivity contribution in [3.8, 4) is 0 Å². The summed E-state index contributed by atoms with van der Waals surface area (Å²) in [6.07, 6.45) is 1.10. The highest BCUT2D eigenvalue weighted by atomic mass is 79.9. The molecule has 3 amide bonds. The minimum Gasteiger partial charge on any atom is -0.338 e. The van der Waals surface area contributed by atoms with Crippen molar-refractivity contribution in [2.24, 2.45) is 11.8 Å². The molecular weight excluding hydrogens is 449 g/mol. The van der Waals surface area contributed by atoms with Crippen LogP contribution in [0.25, 0.3) is 0 Å². The number of carbonyl (C=O) groups is 2. The molecule has 0 bridgehead atoms. The Morgan fingerprint density at radius 2 is 1.83 bits per heavy atom. The van der Waals surface area contributed by atoms with Gasteiger partial charge in [0.25, 0.3) is 5.91 Å². The number of amides is 3. The van der Waals surface area contributed by atoms with Crippen LogP contribution in [0, 0.1) is 17.7 Å². The summed E-state index contributed by atoms with van der Waals surface area (Å²) >= 11 is 3.42. The van der Waals surface area contributed by atoms with E-state index in [9.17, 15) is 14.0 Å². The summed E-state index contributed by atoms with van der Waals surface area (Å²) < 4.78 is 14.7. The Balaban J connectivity index is 1.77. The molecular formula is C23H27BrFN3O2. The molecule has 0 spiro atoms.